The Kier molecular flexibility index (Phi) is 8.02. The van der Waals surface area contributed by atoms with Crippen molar-refractivity contribution in [2.24, 2.45) is 0 Å². The Hall–Kier alpha value is -3.17. The minimum Gasteiger partial charge on any atom is -0.493 e. The minimum atomic E-state index is -0.612. The highest BCUT2D eigenvalue weighted by Crippen LogP contribution is 2.31. The summed E-state index contributed by atoms with van der Waals surface area (Å²) in [6, 6.07) is 19.2. The number of carbonyl (C=O) groups is 1. The van der Waals surface area contributed by atoms with Crippen LogP contribution >= 0.6 is 34.8 Å². The predicted octanol–water partition coefficient (Wildman–Crippen LogP) is 6.78. The molecular formula is C24H17Cl3N2O3. The maximum atomic E-state index is 12.5. The number of benzene rings is 3. The topological polar surface area (TPSA) is 71.3 Å². The number of ether oxygens (including phenoxy) is 2. The second-order valence-corrected chi connectivity index (χ2v) is 7.77. The lowest BCUT2D eigenvalue weighted by molar-refractivity contribution is -0.112. The van der Waals surface area contributed by atoms with Crippen molar-refractivity contribution in [2.75, 3.05) is 12.4 Å². The number of amides is 1. The molecule has 5 nitrogen and oxygen atoms in total. The van der Waals surface area contributed by atoms with E-state index in [9.17, 15) is 10.1 Å². The first-order valence-corrected chi connectivity index (χ1v) is 10.5. The molecule has 0 fully saturated rings. The van der Waals surface area contributed by atoms with Gasteiger partial charge in [0.05, 0.1) is 22.8 Å². The van der Waals surface area contributed by atoms with Gasteiger partial charge in [0.15, 0.2) is 11.5 Å². The van der Waals surface area contributed by atoms with Crippen LogP contribution in [-0.2, 0) is 11.4 Å². The summed E-state index contributed by atoms with van der Waals surface area (Å²) in [6.45, 7) is 0.328. The smallest absolute Gasteiger partial charge is 0.266 e. The van der Waals surface area contributed by atoms with Crippen molar-refractivity contribution in [1.29, 1.82) is 5.26 Å². The number of rotatable bonds is 7. The first-order valence-electron chi connectivity index (χ1n) is 9.33. The number of nitriles is 1. The fraction of sp³-hybridized carbons (Fsp3) is 0.0833. The Balaban J connectivity index is 1.77. The van der Waals surface area contributed by atoms with Gasteiger partial charge in [-0.05, 0) is 53.6 Å². The molecule has 0 unspecified atom stereocenters. The Morgan fingerprint density at radius 3 is 2.50 bits per heavy atom. The number of methoxy groups -OCH3 is 1. The van der Waals surface area contributed by atoms with E-state index >= 15 is 0 Å². The van der Waals surface area contributed by atoms with Crippen molar-refractivity contribution in [1.82, 2.24) is 0 Å². The van der Waals surface area contributed by atoms with Gasteiger partial charge >= 0.3 is 0 Å². The number of nitrogens with zero attached hydrogens (tertiary/aromatic N) is 1. The lowest BCUT2D eigenvalue weighted by Crippen LogP contribution is -2.13. The Labute approximate surface area is 200 Å². The van der Waals surface area contributed by atoms with E-state index in [2.05, 4.69) is 5.32 Å². The first kappa shape index (κ1) is 23.5. The fourth-order valence-corrected chi connectivity index (χ4v) is 3.21. The summed E-state index contributed by atoms with van der Waals surface area (Å²) in [5.41, 5.74) is 1.74. The molecule has 32 heavy (non-hydrogen) atoms. The van der Waals surface area contributed by atoms with E-state index in [0.29, 0.717) is 39.4 Å². The van der Waals surface area contributed by atoms with Crippen molar-refractivity contribution in [3.8, 4) is 17.6 Å². The van der Waals surface area contributed by atoms with Gasteiger partial charge in [0.25, 0.3) is 5.91 Å². The van der Waals surface area contributed by atoms with E-state index in [4.69, 9.17) is 44.3 Å². The summed E-state index contributed by atoms with van der Waals surface area (Å²) in [4.78, 5) is 12.5. The second kappa shape index (κ2) is 10.9. The molecule has 8 heteroatoms. The van der Waals surface area contributed by atoms with E-state index in [1.165, 1.54) is 13.2 Å². The number of anilines is 1. The van der Waals surface area contributed by atoms with E-state index in [0.717, 1.165) is 5.56 Å². The molecule has 0 spiro atoms. The van der Waals surface area contributed by atoms with Crippen LogP contribution in [0.5, 0.6) is 11.5 Å². The normalized spacial score (nSPS) is 10.9. The molecule has 162 valence electrons. The van der Waals surface area contributed by atoms with Crippen LogP contribution in [0, 0.1) is 11.3 Å². The van der Waals surface area contributed by atoms with Crippen LogP contribution in [0.25, 0.3) is 6.08 Å². The van der Waals surface area contributed by atoms with Gasteiger partial charge in [-0.3, -0.25) is 4.79 Å². The number of hydrogen-bond donors (Lipinski definition) is 1. The van der Waals surface area contributed by atoms with Crippen molar-refractivity contribution in [3.63, 3.8) is 0 Å². The molecule has 0 aromatic heterocycles. The maximum Gasteiger partial charge on any atom is 0.266 e. The summed E-state index contributed by atoms with van der Waals surface area (Å²) >= 11 is 18.0. The van der Waals surface area contributed by atoms with E-state index < -0.39 is 5.91 Å². The molecule has 0 saturated carbocycles. The van der Waals surface area contributed by atoms with Gasteiger partial charge in [-0.15, -0.1) is 0 Å². The lowest BCUT2D eigenvalue weighted by Gasteiger charge is -2.12. The largest absolute Gasteiger partial charge is 0.493 e. The van der Waals surface area contributed by atoms with E-state index in [1.54, 1.807) is 48.5 Å². The van der Waals surface area contributed by atoms with Gasteiger partial charge in [-0.1, -0.05) is 59.1 Å². The maximum absolute atomic E-state index is 12.5. The molecule has 0 aliphatic heterocycles. The zero-order valence-corrected chi connectivity index (χ0v) is 19.1. The average Bonchev–Trinajstić information content (AvgIpc) is 2.80. The number of carbonyl (C=O) groups excluding carboxylic acids is 1. The van der Waals surface area contributed by atoms with Gasteiger partial charge in [0.1, 0.15) is 18.2 Å². The molecule has 0 aliphatic carbocycles. The van der Waals surface area contributed by atoms with Crippen LogP contribution < -0.4 is 14.8 Å². The summed E-state index contributed by atoms with van der Waals surface area (Å²) < 4.78 is 11.2. The quantitative estimate of drug-likeness (QED) is 0.294. The van der Waals surface area contributed by atoms with Gasteiger partial charge in [0.2, 0.25) is 0 Å². The lowest BCUT2D eigenvalue weighted by atomic mass is 10.1. The fourth-order valence-electron chi connectivity index (χ4n) is 2.74. The molecule has 3 aromatic carbocycles. The first-order chi connectivity index (χ1) is 15.4. The molecule has 0 bridgehead atoms. The summed E-state index contributed by atoms with van der Waals surface area (Å²) in [5.74, 6) is 0.371. The van der Waals surface area contributed by atoms with Crippen LogP contribution in [0.2, 0.25) is 15.1 Å². The molecule has 3 rings (SSSR count). The zero-order valence-electron chi connectivity index (χ0n) is 16.9. The summed E-state index contributed by atoms with van der Waals surface area (Å²) in [5, 5.41) is 13.2. The van der Waals surface area contributed by atoms with Crippen LogP contribution in [-0.4, -0.2) is 13.0 Å². The third kappa shape index (κ3) is 5.95. The van der Waals surface area contributed by atoms with E-state index in [1.807, 2.05) is 18.2 Å². The van der Waals surface area contributed by atoms with Gasteiger partial charge < -0.3 is 14.8 Å². The second-order valence-electron chi connectivity index (χ2n) is 6.55. The Morgan fingerprint density at radius 1 is 1.06 bits per heavy atom. The average molecular weight is 488 g/mol. The molecule has 0 heterocycles. The molecule has 1 amide bonds. The number of hydrogen-bond acceptors (Lipinski definition) is 4. The van der Waals surface area contributed by atoms with Crippen molar-refractivity contribution in [3.05, 3.63) is 92.4 Å². The van der Waals surface area contributed by atoms with Crippen molar-refractivity contribution in [2.45, 2.75) is 6.61 Å². The standard InChI is InChI=1S/C24H17Cl3N2O3/c1-31-22-12-16(7-10-21(22)32-14-15-5-8-18(25)9-6-15)11-17(13-28)24(30)29-20-4-2-3-19(26)23(20)27/h2-12H,14H2,1H3,(H,29,30)/b17-11-. The molecule has 0 atom stereocenters. The van der Waals surface area contributed by atoms with Gasteiger partial charge in [-0.25, -0.2) is 0 Å². The Morgan fingerprint density at radius 2 is 1.81 bits per heavy atom. The van der Waals surface area contributed by atoms with Crippen molar-refractivity contribution >= 4 is 52.5 Å². The summed E-state index contributed by atoms with van der Waals surface area (Å²) in [6.07, 6.45) is 1.44. The third-order valence-electron chi connectivity index (χ3n) is 4.37. The minimum absolute atomic E-state index is 0.113. The molecular weight excluding hydrogens is 471 g/mol. The molecule has 3 aromatic rings. The highest BCUT2D eigenvalue weighted by atomic mass is 35.5. The highest BCUT2D eigenvalue weighted by molar-refractivity contribution is 6.44. The Bertz CT molecular complexity index is 1200. The molecule has 0 saturated heterocycles. The number of halogens is 3. The van der Waals surface area contributed by atoms with Crippen LogP contribution in [0.1, 0.15) is 11.1 Å². The number of nitrogens with one attached hydrogen (secondary N) is 1. The molecule has 0 aliphatic rings. The SMILES string of the molecule is COc1cc(/C=C(/C#N)C(=O)Nc2cccc(Cl)c2Cl)ccc1OCc1ccc(Cl)cc1. The third-order valence-corrected chi connectivity index (χ3v) is 5.44. The van der Waals surface area contributed by atoms with Gasteiger partial charge in [0, 0.05) is 5.02 Å². The van der Waals surface area contributed by atoms with Crippen molar-refractivity contribution < 1.29 is 14.3 Å². The van der Waals surface area contributed by atoms with Crippen LogP contribution in [0.4, 0.5) is 5.69 Å². The zero-order chi connectivity index (χ0) is 23.1. The molecule has 1 N–H and O–H groups in total. The highest BCUT2D eigenvalue weighted by Gasteiger charge is 2.14. The summed E-state index contributed by atoms with van der Waals surface area (Å²) in [7, 11) is 1.51. The van der Waals surface area contributed by atoms with E-state index in [-0.39, 0.29) is 10.6 Å². The van der Waals surface area contributed by atoms with Crippen LogP contribution in [0.3, 0.4) is 0 Å². The van der Waals surface area contributed by atoms with Crippen LogP contribution in [0.15, 0.2) is 66.2 Å². The predicted molar refractivity (Wildman–Crippen MR) is 127 cm³/mol. The van der Waals surface area contributed by atoms with Gasteiger partial charge in [-0.2, -0.15) is 5.26 Å². The monoisotopic (exact) mass is 486 g/mol. The molecule has 0 radical (unpaired) electrons.